The molecule has 1 N–H and O–H groups in total. The van der Waals surface area contributed by atoms with Crippen LogP contribution in [-0.2, 0) is 6.54 Å². The maximum absolute atomic E-state index is 13.7. The number of rotatable bonds is 4. The lowest BCUT2D eigenvalue weighted by atomic mass is 10.1. The van der Waals surface area contributed by atoms with Crippen LogP contribution in [-0.4, -0.2) is 23.1 Å². The summed E-state index contributed by atoms with van der Waals surface area (Å²) in [6.07, 6.45) is 3.75. The van der Waals surface area contributed by atoms with Gasteiger partial charge in [-0.05, 0) is 61.4 Å². The van der Waals surface area contributed by atoms with E-state index in [0.717, 1.165) is 41.4 Å². The summed E-state index contributed by atoms with van der Waals surface area (Å²) in [5.74, 6) is 0.179. The van der Waals surface area contributed by atoms with Gasteiger partial charge in [0.2, 0.25) is 0 Å². The third-order valence-electron chi connectivity index (χ3n) is 4.42. The molecule has 0 aromatic heterocycles. The van der Waals surface area contributed by atoms with Gasteiger partial charge in [0.15, 0.2) is 0 Å². The fraction of sp³-hybridized carbons (Fsp3) is 0.368. The van der Waals surface area contributed by atoms with Crippen molar-refractivity contribution in [1.82, 2.24) is 4.90 Å². The second-order valence-corrected chi connectivity index (χ2v) is 7.56. The van der Waals surface area contributed by atoms with E-state index in [2.05, 4.69) is 4.90 Å². The number of aryl methyl sites for hydroxylation is 1. The predicted octanol–water partition coefficient (Wildman–Crippen LogP) is 3.45. The molecule has 1 atom stereocenters. The summed E-state index contributed by atoms with van der Waals surface area (Å²) in [6.45, 7) is 4.89. The summed E-state index contributed by atoms with van der Waals surface area (Å²) in [7, 11) is 0.345. The molecule has 1 heterocycles. The molecule has 0 amide bonds. The number of hydrogen-bond donors (Lipinski definition) is 1. The van der Waals surface area contributed by atoms with Crippen molar-refractivity contribution in [3.05, 3.63) is 53.3 Å². The van der Waals surface area contributed by atoms with Crippen LogP contribution in [0.25, 0.3) is 0 Å². The van der Waals surface area contributed by atoms with E-state index in [0.29, 0.717) is 14.3 Å². The molecule has 23 heavy (non-hydrogen) atoms. The SMILES string of the molecule is Cc1cccc(Pc2ccc(F)cc2CN2CCCCC2)c1O. The third-order valence-corrected chi connectivity index (χ3v) is 5.85. The second-order valence-electron chi connectivity index (χ2n) is 6.23. The van der Waals surface area contributed by atoms with Crippen LogP contribution >= 0.6 is 8.58 Å². The predicted molar refractivity (Wildman–Crippen MR) is 96.0 cm³/mol. The molecule has 1 aliphatic rings. The Morgan fingerprint density at radius 2 is 1.87 bits per heavy atom. The Labute approximate surface area is 139 Å². The Morgan fingerprint density at radius 3 is 2.65 bits per heavy atom. The Hall–Kier alpha value is -1.44. The highest BCUT2D eigenvalue weighted by molar-refractivity contribution is 7.55. The second kappa shape index (κ2) is 7.42. The van der Waals surface area contributed by atoms with E-state index >= 15 is 0 Å². The molecule has 1 saturated heterocycles. The zero-order valence-electron chi connectivity index (χ0n) is 13.5. The smallest absolute Gasteiger partial charge is 0.126 e. The van der Waals surface area contributed by atoms with E-state index in [9.17, 15) is 9.50 Å². The van der Waals surface area contributed by atoms with Crippen LogP contribution < -0.4 is 10.6 Å². The lowest BCUT2D eigenvalue weighted by Crippen LogP contribution is -2.30. The minimum absolute atomic E-state index is 0.181. The standard InChI is InChI=1S/C19H23FNOP/c1-14-6-5-7-18(19(14)22)23-17-9-8-16(20)12-15(17)13-21-10-3-2-4-11-21/h5-9,12,22-23H,2-4,10-11,13H2,1H3. The van der Waals surface area contributed by atoms with Crippen molar-refractivity contribution in [2.45, 2.75) is 32.7 Å². The van der Waals surface area contributed by atoms with E-state index in [1.54, 1.807) is 6.07 Å². The summed E-state index contributed by atoms with van der Waals surface area (Å²) in [4.78, 5) is 2.41. The molecule has 0 aliphatic carbocycles. The summed E-state index contributed by atoms with van der Waals surface area (Å²) >= 11 is 0. The van der Waals surface area contributed by atoms with Gasteiger partial charge in [-0.1, -0.05) is 39.3 Å². The topological polar surface area (TPSA) is 23.5 Å². The van der Waals surface area contributed by atoms with Crippen molar-refractivity contribution in [2.24, 2.45) is 0 Å². The molecule has 3 rings (SSSR count). The Balaban J connectivity index is 1.84. The van der Waals surface area contributed by atoms with Crippen LogP contribution in [0.1, 0.15) is 30.4 Å². The number of benzene rings is 2. The first-order chi connectivity index (χ1) is 11.1. The molecule has 1 aliphatic heterocycles. The fourth-order valence-corrected chi connectivity index (χ4v) is 4.34. The largest absolute Gasteiger partial charge is 0.507 e. The monoisotopic (exact) mass is 331 g/mol. The average molecular weight is 331 g/mol. The molecule has 4 heteroatoms. The minimum Gasteiger partial charge on any atom is -0.507 e. The van der Waals surface area contributed by atoms with E-state index in [-0.39, 0.29) is 5.82 Å². The van der Waals surface area contributed by atoms with Crippen LogP contribution in [0.3, 0.4) is 0 Å². The summed E-state index contributed by atoms with van der Waals surface area (Å²) < 4.78 is 13.7. The van der Waals surface area contributed by atoms with E-state index in [1.165, 1.54) is 25.3 Å². The molecule has 2 aromatic carbocycles. The average Bonchev–Trinajstić information content (AvgIpc) is 2.55. The van der Waals surface area contributed by atoms with Crippen LogP contribution in [0.15, 0.2) is 36.4 Å². The first kappa shape index (κ1) is 16.4. The van der Waals surface area contributed by atoms with E-state index in [4.69, 9.17) is 0 Å². The van der Waals surface area contributed by atoms with Gasteiger partial charge in [-0.25, -0.2) is 4.39 Å². The molecular weight excluding hydrogens is 308 g/mol. The first-order valence-electron chi connectivity index (χ1n) is 8.20. The molecule has 1 fully saturated rings. The quantitative estimate of drug-likeness (QED) is 0.868. The maximum Gasteiger partial charge on any atom is 0.126 e. The number of para-hydroxylation sites is 1. The molecule has 0 bridgehead atoms. The van der Waals surface area contributed by atoms with Crippen LogP contribution in [0.5, 0.6) is 5.75 Å². The lowest BCUT2D eigenvalue weighted by Gasteiger charge is -2.27. The van der Waals surface area contributed by atoms with Gasteiger partial charge >= 0.3 is 0 Å². The number of nitrogens with zero attached hydrogens (tertiary/aromatic N) is 1. The molecule has 2 aromatic rings. The third kappa shape index (κ3) is 4.10. The van der Waals surface area contributed by atoms with Crippen LogP contribution in [0.4, 0.5) is 4.39 Å². The molecule has 1 unspecified atom stereocenters. The first-order valence-corrected chi connectivity index (χ1v) is 9.20. The maximum atomic E-state index is 13.7. The molecule has 2 nitrogen and oxygen atoms in total. The number of phenols is 1. The van der Waals surface area contributed by atoms with Crippen molar-refractivity contribution in [2.75, 3.05) is 13.1 Å². The highest BCUT2D eigenvalue weighted by Gasteiger charge is 2.14. The van der Waals surface area contributed by atoms with Gasteiger partial charge in [-0.15, -0.1) is 0 Å². The summed E-state index contributed by atoms with van der Waals surface area (Å²) in [5, 5.41) is 12.3. The van der Waals surface area contributed by atoms with Gasteiger partial charge in [0.05, 0.1) is 0 Å². The zero-order valence-corrected chi connectivity index (χ0v) is 14.5. The van der Waals surface area contributed by atoms with Gasteiger partial charge in [0, 0.05) is 11.8 Å². The number of aromatic hydroxyl groups is 1. The van der Waals surface area contributed by atoms with Gasteiger partial charge in [-0.3, -0.25) is 4.90 Å². The number of hydrogen-bond acceptors (Lipinski definition) is 2. The van der Waals surface area contributed by atoms with Gasteiger partial charge < -0.3 is 5.11 Å². The van der Waals surface area contributed by atoms with E-state index in [1.807, 2.05) is 31.2 Å². The Morgan fingerprint density at radius 1 is 1.09 bits per heavy atom. The zero-order chi connectivity index (χ0) is 16.2. The molecular formula is C19H23FNOP. The summed E-state index contributed by atoms with van der Waals surface area (Å²) in [5.41, 5.74) is 1.93. The Bertz CT molecular complexity index is 683. The van der Waals surface area contributed by atoms with Crippen molar-refractivity contribution >= 4 is 19.2 Å². The van der Waals surface area contributed by atoms with Gasteiger partial charge in [-0.2, -0.15) is 0 Å². The van der Waals surface area contributed by atoms with Crippen molar-refractivity contribution in [1.29, 1.82) is 0 Å². The van der Waals surface area contributed by atoms with Gasteiger partial charge in [0.1, 0.15) is 11.6 Å². The van der Waals surface area contributed by atoms with Crippen LogP contribution in [0, 0.1) is 12.7 Å². The fourth-order valence-electron chi connectivity index (χ4n) is 3.08. The Kier molecular flexibility index (Phi) is 5.30. The highest BCUT2D eigenvalue weighted by Crippen LogP contribution is 2.24. The molecule has 122 valence electrons. The van der Waals surface area contributed by atoms with Crippen LogP contribution in [0.2, 0.25) is 0 Å². The minimum atomic E-state index is -0.181. The van der Waals surface area contributed by atoms with Crippen molar-refractivity contribution < 1.29 is 9.50 Å². The molecule has 0 saturated carbocycles. The van der Waals surface area contributed by atoms with Gasteiger partial charge in [0.25, 0.3) is 0 Å². The van der Waals surface area contributed by atoms with E-state index < -0.39 is 0 Å². The highest BCUT2D eigenvalue weighted by atomic mass is 31.1. The number of piperidine rings is 1. The van der Waals surface area contributed by atoms with Crippen molar-refractivity contribution in [3.63, 3.8) is 0 Å². The number of phenolic OH excluding ortho intramolecular Hbond substituents is 1. The lowest BCUT2D eigenvalue weighted by molar-refractivity contribution is 0.221. The molecule has 0 spiro atoms. The number of likely N-dealkylation sites (tertiary alicyclic amines) is 1. The number of halogens is 1. The van der Waals surface area contributed by atoms with Crippen molar-refractivity contribution in [3.8, 4) is 5.75 Å². The normalized spacial score (nSPS) is 16.3. The summed E-state index contributed by atoms with van der Waals surface area (Å²) in [6, 6.07) is 10.9. The molecule has 0 radical (unpaired) electrons.